The van der Waals surface area contributed by atoms with Crippen molar-refractivity contribution in [2.75, 3.05) is 62.6 Å². The van der Waals surface area contributed by atoms with E-state index in [1.807, 2.05) is 105 Å². The van der Waals surface area contributed by atoms with Crippen molar-refractivity contribution >= 4 is 95.7 Å². The van der Waals surface area contributed by atoms with Gasteiger partial charge in [0.1, 0.15) is 12.1 Å². The number of carbonyl (C=O) groups excluding carboxylic acids is 4. The number of aromatic nitrogens is 5. The number of nitrogens with one attached hydrogen (secondary N) is 3. The number of para-hydroxylation sites is 1. The lowest BCUT2D eigenvalue weighted by molar-refractivity contribution is -0.154. The zero-order chi connectivity index (χ0) is 67.2. The molecule has 4 aliphatic carbocycles. The zero-order valence-corrected chi connectivity index (χ0v) is 57.7. The Morgan fingerprint density at radius 3 is 2.34 bits per heavy atom. The van der Waals surface area contributed by atoms with Crippen LogP contribution in [-0.2, 0) is 32.0 Å². The van der Waals surface area contributed by atoms with E-state index in [0.717, 1.165) is 99.5 Å². The van der Waals surface area contributed by atoms with Gasteiger partial charge in [-0.25, -0.2) is 24.1 Å². The van der Waals surface area contributed by atoms with E-state index in [0.29, 0.717) is 97.6 Å². The minimum atomic E-state index is -1.12. The molecule has 96 heavy (non-hydrogen) atoms. The number of nitrogens with zero attached hydrogens (tertiary/aromatic N) is 9. The number of carboxylic acid groups (broad SMARTS) is 1. The van der Waals surface area contributed by atoms with E-state index in [9.17, 15) is 34.2 Å². The number of rotatable bonds is 20. The lowest BCUT2D eigenvalue weighted by Gasteiger charge is -2.62. The first-order valence-electron chi connectivity index (χ1n) is 33.5. The molecule has 7 aliphatic rings. The largest absolute Gasteiger partial charge is 0.491 e. The quantitative estimate of drug-likeness (QED) is 0.0352. The van der Waals surface area contributed by atoms with Crippen molar-refractivity contribution in [3.8, 4) is 28.0 Å². The Hall–Kier alpha value is -7.95. The molecule has 4 saturated carbocycles. The Kier molecular flexibility index (Phi) is 19.1. The minimum absolute atomic E-state index is 0.00980. The molecule has 20 nitrogen and oxygen atoms in total. The number of carboxylic acids is 1. The Labute approximate surface area is 570 Å². The summed E-state index contributed by atoms with van der Waals surface area (Å²) in [5.74, 6) is 6.07. The Morgan fingerprint density at radius 2 is 1.64 bits per heavy atom. The number of benzene rings is 3. The number of aliphatic hydroxyl groups excluding tert-OH is 1. The number of piperazine rings is 1. The van der Waals surface area contributed by atoms with Crippen molar-refractivity contribution in [3.63, 3.8) is 0 Å². The third-order valence-corrected chi connectivity index (χ3v) is 23.5. The highest BCUT2D eigenvalue weighted by atomic mass is 32.1. The van der Waals surface area contributed by atoms with Crippen LogP contribution in [0, 0.1) is 59.6 Å². The number of likely N-dealkylation sites (tertiary alicyclic amines) is 1. The number of halogens is 1. The molecule has 4 bridgehead atoms. The molecule has 14 rings (SSSR count). The minimum Gasteiger partial charge on any atom is -0.491 e. The highest BCUT2D eigenvalue weighted by Crippen LogP contribution is 2.67. The standard InChI is InChI=1S/C72H83FN12O8S3/c1-42-51-13-10-24-84(64(51)81-80-63(42)79-68-76-53-14-7-8-15-56(53)95-68)69-78-60(67(91)92)57(96-69)16-11-29-93-55-22-17-45(31-52(55)73)12-9-23-82-25-27-83(28-26-82)59(88)38-72-35-46-30-47(36-72)34-71(33-46,40-72)37-58(87)77-62(70(4,5)6)66(90)85-39-50(86)32-54(85)65(89)75-43(2)48-18-20-49(21-19-48)61-44(3)74-41-94-61/h7-8,14-15,17-22,31,41,43,46-47,50,54,62,86H,10-11,13,16,23-30,32-40H2,1-6H3,(H,75,89)(H,77,87)(H,91,92)(H,76,79,80)/t43-,46+,47?,50+,54-,62?,71?,72?/m0/s1. The van der Waals surface area contributed by atoms with E-state index in [1.54, 1.807) is 34.8 Å². The summed E-state index contributed by atoms with van der Waals surface area (Å²) in [5.41, 5.74) is 6.93. The molecule has 504 valence electrons. The van der Waals surface area contributed by atoms with E-state index in [1.165, 1.54) is 22.3 Å². The van der Waals surface area contributed by atoms with Gasteiger partial charge in [-0.2, -0.15) is 0 Å². The fraction of sp³-hybridized carbons (Fsp3) is 0.500. The van der Waals surface area contributed by atoms with Crippen LogP contribution in [0.25, 0.3) is 20.7 Å². The molecule has 4 aromatic heterocycles. The number of hydrogen-bond donors (Lipinski definition) is 5. The molecule has 5 N–H and O–H groups in total. The van der Waals surface area contributed by atoms with Crippen LogP contribution < -0.4 is 25.6 Å². The third kappa shape index (κ3) is 14.4. The SMILES string of the molecule is Cc1ncsc1-c1ccc([C@H](C)NC(=O)[C@@H]2C[C@@H](O)CN2C(=O)C(NC(=O)CC23CC4C[C@H](C2)CC(CC(=O)N2CCN(CC#Cc5ccc(OCCCc6sc(N7CCCc8c7nnc(Nc7nc9ccccc9s7)c8C)nc6C(=O)O)c(F)c5)CC2)(C4)C3)C(C)(C)C)cc1. The van der Waals surface area contributed by atoms with Gasteiger partial charge in [0, 0.05) is 80.1 Å². The maximum absolute atomic E-state index is 15.5. The first-order chi connectivity index (χ1) is 46.0. The van der Waals surface area contributed by atoms with Crippen molar-refractivity contribution in [1.82, 2.24) is 50.5 Å². The van der Waals surface area contributed by atoms with Gasteiger partial charge in [-0.3, -0.25) is 24.1 Å². The molecular weight excluding hydrogens is 1280 g/mol. The maximum atomic E-state index is 15.5. The second-order valence-corrected chi connectivity index (χ2v) is 31.6. The first kappa shape index (κ1) is 66.7. The molecule has 7 heterocycles. The molecule has 3 aromatic carbocycles. The Morgan fingerprint density at radius 1 is 0.885 bits per heavy atom. The maximum Gasteiger partial charge on any atom is 0.355 e. The number of thiazole rings is 3. The monoisotopic (exact) mass is 1360 g/mol. The van der Waals surface area contributed by atoms with Crippen LogP contribution in [-0.4, -0.2) is 150 Å². The Bertz CT molecular complexity index is 4120. The van der Waals surface area contributed by atoms with Crippen molar-refractivity contribution in [1.29, 1.82) is 0 Å². The van der Waals surface area contributed by atoms with Crippen molar-refractivity contribution in [3.05, 3.63) is 117 Å². The molecule has 4 amide bonds. The average molecular weight is 1360 g/mol. The molecule has 4 unspecified atom stereocenters. The number of aryl methyl sites for hydroxylation is 2. The van der Waals surface area contributed by atoms with Crippen LogP contribution in [0.2, 0.25) is 0 Å². The molecule has 0 radical (unpaired) electrons. The fourth-order valence-electron chi connectivity index (χ4n) is 16.3. The van der Waals surface area contributed by atoms with Crippen LogP contribution in [0.4, 0.5) is 26.3 Å². The predicted octanol–water partition coefficient (Wildman–Crippen LogP) is 11.2. The van der Waals surface area contributed by atoms with Crippen molar-refractivity contribution in [2.45, 2.75) is 149 Å². The summed E-state index contributed by atoms with van der Waals surface area (Å²) in [6.45, 7) is 15.3. The summed E-state index contributed by atoms with van der Waals surface area (Å²) in [5, 5.41) is 41.1. The number of aliphatic hydroxyl groups is 1. The van der Waals surface area contributed by atoms with Crippen LogP contribution in [0.5, 0.6) is 5.75 Å². The summed E-state index contributed by atoms with van der Waals surface area (Å²) in [4.78, 5) is 92.8. The Balaban J connectivity index is 0.560. The normalized spacial score (nSPS) is 22.9. The smallest absolute Gasteiger partial charge is 0.355 e. The van der Waals surface area contributed by atoms with Crippen LogP contribution >= 0.6 is 34.0 Å². The summed E-state index contributed by atoms with van der Waals surface area (Å²) in [6, 6.07) is 18.4. The summed E-state index contributed by atoms with van der Waals surface area (Å²) in [7, 11) is 0. The zero-order valence-electron chi connectivity index (χ0n) is 55.2. The highest BCUT2D eigenvalue weighted by Gasteiger charge is 2.59. The van der Waals surface area contributed by atoms with Gasteiger partial charge in [0.15, 0.2) is 39.2 Å². The summed E-state index contributed by atoms with van der Waals surface area (Å²) >= 11 is 4.43. The second-order valence-electron chi connectivity index (χ2n) is 28.7. The van der Waals surface area contributed by atoms with E-state index < -0.39 is 35.4 Å². The molecule has 8 atom stereocenters. The number of aromatic carboxylic acids is 1. The van der Waals surface area contributed by atoms with Crippen molar-refractivity contribution < 1.29 is 43.3 Å². The number of amides is 4. The lowest BCUT2D eigenvalue weighted by atomic mass is 9.43. The van der Waals surface area contributed by atoms with Crippen LogP contribution in [0.3, 0.4) is 0 Å². The van der Waals surface area contributed by atoms with Crippen LogP contribution in [0.1, 0.15) is 148 Å². The molecule has 24 heteroatoms. The van der Waals surface area contributed by atoms with E-state index in [4.69, 9.17) is 4.74 Å². The number of carbonyl (C=O) groups is 5. The van der Waals surface area contributed by atoms with Gasteiger partial charge < -0.3 is 45.6 Å². The third-order valence-electron chi connectivity index (χ3n) is 20.4. The van der Waals surface area contributed by atoms with Gasteiger partial charge in [0.2, 0.25) is 23.6 Å². The number of β-amino-alcohol motifs (C(OH)–C–C–N with tert-alkyl or cyclic N) is 1. The number of hydrogen-bond acceptors (Lipinski definition) is 18. The fourth-order valence-corrected chi connectivity index (χ4v) is 19.1. The molecule has 3 aliphatic heterocycles. The molecular formula is C72H83FN12O8S3. The van der Waals surface area contributed by atoms with Gasteiger partial charge >= 0.3 is 5.97 Å². The van der Waals surface area contributed by atoms with Gasteiger partial charge in [-0.05, 0) is 155 Å². The second kappa shape index (κ2) is 27.5. The van der Waals surface area contributed by atoms with E-state index in [-0.39, 0.29) is 77.9 Å². The predicted molar refractivity (Wildman–Crippen MR) is 369 cm³/mol. The van der Waals surface area contributed by atoms with Gasteiger partial charge in [-0.15, -0.1) is 32.9 Å². The molecule has 0 spiro atoms. The number of ether oxygens (including phenoxy) is 1. The van der Waals surface area contributed by atoms with Gasteiger partial charge in [0.25, 0.3) is 0 Å². The molecule has 2 saturated heterocycles. The van der Waals surface area contributed by atoms with Crippen LogP contribution in [0.15, 0.2) is 72.2 Å². The lowest BCUT2D eigenvalue weighted by Crippen LogP contribution is -2.59. The first-order valence-corrected chi connectivity index (χ1v) is 36.1. The molecule has 7 aromatic rings. The highest BCUT2D eigenvalue weighted by molar-refractivity contribution is 7.22. The number of anilines is 4. The summed E-state index contributed by atoms with van der Waals surface area (Å²) < 4.78 is 22.4. The number of fused-ring (bicyclic) bond motifs is 2. The topological polar surface area (TPSA) is 249 Å². The van der Waals surface area contributed by atoms with E-state index >= 15 is 4.39 Å². The van der Waals surface area contributed by atoms with E-state index in [2.05, 4.69) is 57.8 Å². The van der Waals surface area contributed by atoms with Crippen molar-refractivity contribution in [2.24, 2.45) is 28.1 Å². The summed E-state index contributed by atoms with van der Waals surface area (Å²) in [6.07, 6.45) is 8.04. The average Bonchev–Trinajstić information content (AvgIpc) is 0.976. The van der Waals surface area contributed by atoms with Gasteiger partial charge in [-0.1, -0.05) is 80.3 Å². The molecule has 6 fully saturated rings. The van der Waals surface area contributed by atoms with Gasteiger partial charge in [0.05, 0.1) is 51.6 Å².